The van der Waals surface area contributed by atoms with Crippen molar-refractivity contribution in [1.82, 2.24) is 9.97 Å². The van der Waals surface area contributed by atoms with Gasteiger partial charge >= 0.3 is 12.1 Å². The monoisotopic (exact) mass is 622 g/mol. The molecular weight excluding hydrogens is 596 g/mol. The van der Waals surface area contributed by atoms with Crippen molar-refractivity contribution in [2.24, 2.45) is 5.92 Å². The normalized spacial score (nSPS) is 14.6. The number of nitrogens with zero attached hydrogens (tertiary/aromatic N) is 2. The summed E-state index contributed by atoms with van der Waals surface area (Å²) in [6.45, 7) is 2.92. The number of aryl methyl sites for hydroxylation is 1. The molecule has 40 heavy (non-hydrogen) atoms. The highest BCUT2D eigenvalue weighted by Gasteiger charge is 2.38. The molecule has 1 unspecified atom stereocenters. The largest absolute Gasteiger partial charge is 0.495 e. The van der Waals surface area contributed by atoms with Crippen LogP contribution in [0.1, 0.15) is 37.8 Å². The number of ether oxygens (including phenoxy) is 1. The van der Waals surface area contributed by atoms with Crippen molar-refractivity contribution in [2.45, 2.75) is 50.1 Å². The number of aliphatic carboxylic acids is 1. The summed E-state index contributed by atoms with van der Waals surface area (Å²) >= 11 is 7.22. The highest BCUT2D eigenvalue weighted by molar-refractivity contribution is 7.86. The van der Waals surface area contributed by atoms with Crippen LogP contribution >= 0.6 is 22.9 Å². The smallest absolute Gasteiger partial charge is 0.490 e. The lowest BCUT2D eigenvalue weighted by Gasteiger charge is -2.21. The Labute approximate surface area is 239 Å². The molecule has 8 nitrogen and oxygen atoms in total. The number of anilines is 2. The Morgan fingerprint density at radius 2 is 1.93 bits per heavy atom. The minimum Gasteiger partial charge on any atom is -0.495 e. The second kappa shape index (κ2) is 14.1. The summed E-state index contributed by atoms with van der Waals surface area (Å²) in [6.07, 6.45) is 2.77. The van der Waals surface area contributed by atoms with Crippen molar-refractivity contribution in [1.29, 1.82) is 0 Å². The lowest BCUT2D eigenvalue weighted by molar-refractivity contribution is -0.192. The molecule has 3 aromatic rings. The molecule has 0 aliphatic heterocycles. The Bertz CT molecular complexity index is 1350. The summed E-state index contributed by atoms with van der Waals surface area (Å²) in [5.74, 6) is -2.27. The number of hydrogen-bond donors (Lipinski definition) is 3. The third-order valence-corrected chi connectivity index (χ3v) is 8.52. The van der Waals surface area contributed by atoms with Crippen molar-refractivity contribution in [3.05, 3.63) is 47.1 Å². The second-order valence-electron chi connectivity index (χ2n) is 8.85. The highest BCUT2D eigenvalue weighted by atomic mass is 35.5. The molecule has 0 bridgehead atoms. The zero-order chi connectivity index (χ0) is 29.4. The van der Waals surface area contributed by atoms with Crippen LogP contribution in [0, 0.1) is 18.7 Å². The molecule has 1 saturated carbocycles. The van der Waals surface area contributed by atoms with E-state index < -0.39 is 28.9 Å². The van der Waals surface area contributed by atoms with Crippen LogP contribution < -0.4 is 14.8 Å². The Morgan fingerprint density at radius 3 is 2.52 bits per heavy atom. The summed E-state index contributed by atoms with van der Waals surface area (Å²) in [6, 6.07) is 6.67. The fraction of sp³-hybridized carbons (Fsp3) is 0.400. The van der Waals surface area contributed by atoms with Crippen molar-refractivity contribution in [2.75, 3.05) is 23.7 Å². The Kier molecular flexibility index (Phi) is 11.1. The predicted molar refractivity (Wildman–Crippen MR) is 147 cm³/mol. The van der Waals surface area contributed by atoms with E-state index >= 15 is 0 Å². The molecule has 1 aromatic carbocycles. The summed E-state index contributed by atoms with van der Waals surface area (Å²) in [4.78, 5) is 18.8. The standard InChI is InChI=1S/C23H26ClFN4O2S2.C2HF3O2/c1-14-21(32-23(28-14)27-12-15-6-4-3-5-7-15)16-8-9-19(31-2)20(10-16)33(30)29-17-11-18(25)22(24)26-13-17;3-2(4,5)1(6)7/h8-11,13,15,29H,3-7,12H2,1-2H3,(H,27,28);(H,6,7). The molecule has 4 rings (SSSR count). The van der Waals surface area contributed by atoms with E-state index in [0.29, 0.717) is 16.6 Å². The predicted octanol–water partition coefficient (Wildman–Crippen LogP) is 7.07. The first-order valence-electron chi connectivity index (χ1n) is 12.1. The number of methoxy groups -OCH3 is 1. The fourth-order valence-electron chi connectivity index (χ4n) is 3.96. The third-order valence-electron chi connectivity index (χ3n) is 5.94. The molecule has 0 radical (unpaired) electrons. The van der Waals surface area contributed by atoms with E-state index in [-0.39, 0.29) is 10.8 Å². The quantitative estimate of drug-likeness (QED) is 0.182. The molecule has 1 aliphatic carbocycles. The van der Waals surface area contributed by atoms with E-state index in [1.807, 2.05) is 19.1 Å². The zero-order valence-electron chi connectivity index (χ0n) is 21.5. The van der Waals surface area contributed by atoms with Gasteiger partial charge in [0.2, 0.25) is 0 Å². The van der Waals surface area contributed by atoms with Crippen LogP contribution in [0.3, 0.4) is 0 Å². The summed E-state index contributed by atoms with van der Waals surface area (Å²) in [5, 5.41) is 11.3. The summed E-state index contributed by atoms with van der Waals surface area (Å²) in [5.41, 5.74) is 2.05. The van der Waals surface area contributed by atoms with E-state index in [4.69, 9.17) is 31.2 Å². The Morgan fingerprint density at radius 1 is 1.25 bits per heavy atom. The second-order valence-corrected chi connectivity index (χ2v) is 11.4. The zero-order valence-corrected chi connectivity index (χ0v) is 23.9. The molecule has 3 N–H and O–H groups in total. The number of carboxylic acids is 1. The fourth-order valence-corrected chi connectivity index (χ4v) is 6.04. The average Bonchev–Trinajstić information content (AvgIpc) is 3.30. The van der Waals surface area contributed by atoms with Gasteiger partial charge in [0.25, 0.3) is 0 Å². The molecular formula is C25H27ClF4N4O4S2. The molecule has 0 amide bonds. The van der Waals surface area contributed by atoms with Gasteiger partial charge in [0.1, 0.15) is 10.6 Å². The van der Waals surface area contributed by atoms with E-state index in [0.717, 1.165) is 33.9 Å². The maximum Gasteiger partial charge on any atom is 0.490 e. The number of benzene rings is 1. The van der Waals surface area contributed by atoms with Gasteiger partial charge in [-0.15, -0.1) is 0 Å². The maximum absolute atomic E-state index is 13.7. The SMILES string of the molecule is COc1ccc(-c2sc(NCC3CCCCC3)nc2C)cc1S(=O)Nc1cnc(Cl)c(F)c1.O=C(O)C(F)(F)F. The molecule has 2 heterocycles. The number of carboxylic acid groups (broad SMARTS) is 1. The average molecular weight is 623 g/mol. The van der Waals surface area contributed by atoms with Gasteiger partial charge in [-0.05, 0) is 49.4 Å². The number of hydrogen-bond acceptors (Lipinski definition) is 7. The molecule has 1 fully saturated rings. The first-order valence-corrected chi connectivity index (χ1v) is 14.4. The minimum absolute atomic E-state index is 0.237. The van der Waals surface area contributed by atoms with E-state index in [9.17, 15) is 21.8 Å². The van der Waals surface area contributed by atoms with Gasteiger partial charge in [0, 0.05) is 12.6 Å². The van der Waals surface area contributed by atoms with Crippen LogP contribution in [0.15, 0.2) is 35.4 Å². The number of halogens is 5. The van der Waals surface area contributed by atoms with Gasteiger partial charge in [-0.3, -0.25) is 4.72 Å². The van der Waals surface area contributed by atoms with Crippen LogP contribution in [-0.2, 0) is 15.8 Å². The van der Waals surface area contributed by atoms with Crippen molar-refractivity contribution in [3.8, 4) is 16.2 Å². The van der Waals surface area contributed by atoms with Gasteiger partial charge in [0.15, 0.2) is 27.1 Å². The number of nitrogens with one attached hydrogen (secondary N) is 2. The van der Waals surface area contributed by atoms with Gasteiger partial charge in [-0.1, -0.05) is 42.2 Å². The maximum atomic E-state index is 13.7. The van der Waals surface area contributed by atoms with Gasteiger partial charge in [-0.2, -0.15) is 13.2 Å². The van der Waals surface area contributed by atoms with Crippen molar-refractivity contribution in [3.63, 3.8) is 0 Å². The number of thiazole rings is 1. The molecule has 2 aromatic heterocycles. The lowest BCUT2D eigenvalue weighted by atomic mass is 9.89. The number of rotatable bonds is 8. The molecule has 218 valence electrons. The van der Waals surface area contributed by atoms with Crippen LogP contribution in [0.2, 0.25) is 5.15 Å². The van der Waals surface area contributed by atoms with Gasteiger partial charge < -0.3 is 15.2 Å². The highest BCUT2D eigenvalue weighted by Crippen LogP contribution is 2.36. The molecule has 0 spiro atoms. The number of alkyl halides is 3. The number of carbonyl (C=O) groups is 1. The summed E-state index contributed by atoms with van der Waals surface area (Å²) in [7, 11) is -0.189. The first-order chi connectivity index (χ1) is 18.9. The van der Waals surface area contributed by atoms with Crippen molar-refractivity contribution >= 4 is 50.7 Å². The van der Waals surface area contributed by atoms with Crippen molar-refractivity contribution < 1.29 is 36.4 Å². The van der Waals surface area contributed by atoms with Crippen LogP contribution in [-0.4, -0.2) is 45.1 Å². The minimum atomic E-state index is -5.08. The van der Waals surface area contributed by atoms with Crippen LogP contribution in [0.25, 0.3) is 10.4 Å². The Hall–Kier alpha value is -2.97. The van der Waals surface area contributed by atoms with E-state index in [1.54, 1.807) is 17.4 Å². The van der Waals surface area contributed by atoms with Gasteiger partial charge in [0.05, 0.1) is 29.6 Å². The van der Waals surface area contributed by atoms with Gasteiger partial charge in [-0.25, -0.2) is 23.4 Å². The lowest BCUT2D eigenvalue weighted by Crippen LogP contribution is -2.21. The molecule has 0 saturated heterocycles. The first kappa shape index (κ1) is 31.6. The van der Waals surface area contributed by atoms with Crippen LogP contribution in [0.5, 0.6) is 5.75 Å². The third kappa shape index (κ3) is 8.77. The molecule has 15 heteroatoms. The summed E-state index contributed by atoms with van der Waals surface area (Å²) < 4.78 is 66.7. The molecule has 1 aliphatic rings. The van der Waals surface area contributed by atoms with Crippen LogP contribution in [0.4, 0.5) is 28.4 Å². The number of aromatic nitrogens is 2. The topological polar surface area (TPSA) is 113 Å². The van der Waals surface area contributed by atoms with E-state index in [2.05, 4.69) is 15.0 Å². The Balaban J connectivity index is 0.000000559. The van der Waals surface area contributed by atoms with E-state index in [1.165, 1.54) is 45.4 Å². The molecule has 1 atom stereocenters. The number of pyridine rings is 1.